The molecule has 1 N–H and O–H groups in total. The van der Waals surface area contributed by atoms with E-state index in [-0.39, 0.29) is 6.04 Å². The molecule has 0 aliphatic carbocycles. The van der Waals surface area contributed by atoms with Gasteiger partial charge in [0.15, 0.2) is 0 Å². The van der Waals surface area contributed by atoms with Crippen LogP contribution in [0.25, 0.3) is 6.08 Å². The molecule has 1 aromatic carbocycles. The van der Waals surface area contributed by atoms with Crippen LogP contribution in [0.15, 0.2) is 29.8 Å². The summed E-state index contributed by atoms with van der Waals surface area (Å²) in [6, 6.07) is 5.52. The molecule has 0 spiro atoms. The highest BCUT2D eigenvalue weighted by Crippen LogP contribution is 2.30. The maximum absolute atomic E-state index is 12.6. The van der Waals surface area contributed by atoms with Gasteiger partial charge in [-0.05, 0) is 38.1 Å². The van der Waals surface area contributed by atoms with Crippen LogP contribution in [0.4, 0.5) is 13.2 Å². The standard InChI is InChI=1S/C14H18F3N/c1-4-18-11(3)10(2)8-12-6-5-7-13(9-12)14(15,16)17/h5-9,11,18H,4H2,1-3H3/b10-8+. The first-order valence-electron chi connectivity index (χ1n) is 5.93. The Balaban J connectivity index is 2.94. The predicted molar refractivity (Wildman–Crippen MR) is 68.2 cm³/mol. The van der Waals surface area contributed by atoms with Crippen LogP contribution in [0.5, 0.6) is 0 Å². The zero-order valence-corrected chi connectivity index (χ0v) is 10.8. The maximum atomic E-state index is 12.6. The van der Waals surface area contributed by atoms with Gasteiger partial charge in [-0.1, -0.05) is 30.7 Å². The third-order valence-electron chi connectivity index (χ3n) is 2.80. The Hall–Kier alpha value is -1.29. The fraction of sp³-hybridized carbons (Fsp3) is 0.429. The van der Waals surface area contributed by atoms with E-state index >= 15 is 0 Å². The average Bonchev–Trinajstić information content (AvgIpc) is 2.28. The van der Waals surface area contributed by atoms with Gasteiger partial charge < -0.3 is 5.32 Å². The normalized spacial score (nSPS) is 14.7. The molecule has 0 aromatic heterocycles. The summed E-state index contributed by atoms with van der Waals surface area (Å²) in [5.41, 5.74) is 0.975. The zero-order valence-electron chi connectivity index (χ0n) is 10.8. The van der Waals surface area contributed by atoms with Gasteiger partial charge in [0.25, 0.3) is 0 Å². The van der Waals surface area contributed by atoms with Gasteiger partial charge in [-0.2, -0.15) is 13.2 Å². The van der Waals surface area contributed by atoms with Crippen molar-refractivity contribution in [3.63, 3.8) is 0 Å². The molecule has 1 atom stereocenters. The number of rotatable bonds is 4. The Kier molecular flexibility index (Phi) is 4.96. The van der Waals surface area contributed by atoms with Crippen molar-refractivity contribution in [2.24, 2.45) is 0 Å². The molecule has 1 aromatic rings. The molecular weight excluding hydrogens is 239 g/mol. The van der Waals surface area contributed by atoms with Crippen LogP contribution in [0.2, 0.25) is 0 Å². The topological polar surface area (TPSA) is 12.0 Å². The van der Waals surface area contributed by atoms with E-state index in [1.165, 1.54) is 12.1 Å². The van der Waals surface area contributed by atoms with E-state index in [4.69, 9.17) is 0 Å². The van der Waals surface area contributed by atoms with Crippen molar-refractivity contribution in [2.45, 2.75) is 33.0 Å². The number of nitrogens with one attached hydrogen (secondary N) is 1. The lowest BCUT2D eigenvalue weighted by Gasteiger charge is -2.13. The van der Waals surface area contributed by atoms with Crippen molar-refractivity contribution in [3.05, 3.63) is 41.0 Å². The third kappa shape index (κ3) is 4.18. The molecule has 0 radical (unpaired) electrons. The van der Waals surface area contributed by atoms with Gasteiger partial charge in [0.05, 0.1) is 5.56 Å². The van der Waals surface area contributed by atoms with Crippen molar-refractivity contribution < 1.29 is 13.2 Å². The Labute approximate surface area is 106 Å². The zero-order chi connectivity index (χ0) is 13.8. The number of benzene rings is 1. The number of hydrogen-bond donors (Lipinski definition) is 1. The Morgan fingerprint density at radius 2 is 2.06 bits per heavy atom. The smallest absolute Gasteiger partial charge is 0.311 e. The summed E-state index contributed by atoms with van der Waals surface area (Å²) in [7, 11) is 0. The van der Waals surface area contributed by atoms with Gasteiger partial charge in [0.2, 0.25) is 0 Å². The van der Waals surface area contributed by atoms with Gasteiger partial charge in [0.1, 0.15) is 0 Å². The summed E-state index contributed by atoms with van der Waals surface area (Å²) in [6.45, 7) is 6.72. The molecule has 0 amide bonds. The van der Waals surface area contributed by atoms with Crippen molar-refractivity contribution in [3.8, 4) is 0 Å². The van der Waals surface area contributed by atoms with Crippen molar-refractivity contribution in [2.75, 3.05) is 6.54 Å². The van der Waals surface area contributed by atoms with Crippen LogP contribution in [-0.2, 0) is 6.18 Å². The molecular formula is C14H18F3N. The highest BCUT2D eigenvalue weighted by Gasteiger charge is 2.30. The van der Waals surface area contributed by atoms with Crippen LogP contribution < -0.4 is 5.32 Å². The molecule has 1 unspecified atom stereocenters. The van der Waals surface area contributed by atoms with Gasteiger partial charge in [-0.15, -0.1) is 0 Å². The van der Waals surface area contributed by atoms with Crippen LogP contribution in [0.3, 0.4) is 0 Å². The first-order chi connectivity index (χ1) is 8.34. The summed E-state index contributed by atoms with van der Waals surface area (Å²) in [4.78, 5) is 0. The Morgan fingerprint density at radius 3 is 2.61 bits per heavy atom. The van der Waals surface area contributed by atoms with E-state index in [9.17, 15) is 13.2 Å². The third-order valence-corrected chi connectivity index (χ3v) is 2.80. The van der Waals surface area contributed by atoms with Crippen LogP contribution in [-0.4, -0.2) is 12.6 Å². The van der Waals surface area contributed by atoms with Gasteiger partial charge >= 0.3 is 6.18 Å². The fourth-order valence-corrected chi connectivity index (χ4v) is 1.66. The molecule has 0 heterocycles. The maximum Gasteiger partial charge on any atom is 0.416 e. The SMILES string of the molecule is CCNC(C)/C(C)=C/c1cccc(C(F)(F)F)c1. The molecule has 1 rings (SSSR count). The number of alkyl halides is 3. The number of likely N-dealkylation sites (N-methyl/N-ethyl adjacent to an activating group) is 1. The van der Waals surface area contributed by atoms with Gasteiger partial charge in [0, 0.05) is 6.04 Å². The summed E-state index contributed by atoms with van der Waals surface area (Å²) in [5.74, 6) is 0. The molecule has 0 saturated carbocycles. The molecule has 0 aliphatic rings. The van der Waals surface area contributed by atoms with Crippen molar-refractivity contribution >= 4 is 6.08 Å². The monoisotopic (exact) mass is 257 g/mol. The van der Waals surface area contributed by atoms with E-state index in [0.29, 0.717) is 5.56 Å². The minimum absolute atomic E-state index is 0.157. The van der Waals surface area contributed by atoms with Gasteiger partial charge in [-0.25, -0.2) is 0 Å². The summed E-state index contributed by atoms with van der Waals surface area (Å²) in [5, 5.41) is 3.22. The fourth-order valence-electron chi connectivity index (χ4n) is 1.66. The largest absolute Gasteiger partial charge is 0.416 e. The molecule has 0 aliphatic heterocycles. The highest BCUT2D eigenvalue weighted by molar-refractivity contribution is 5.54. The molecule has 0 fully saturated rings. The second-order valence-electron chi connectivity index (χ2n) is 4.29. The molecule has 0 bridgehead atoms. The Morgan fingerprint density at radius 1 is 1.39 bits per heavy atom. The lowest BCUT2D eigenvalue weighted by molar-refractivity contribution is -0.137. The first kappa shape index (κ1) is 14.8. The molecule has 18 heavy (non-hydrogen) atoms. The van der Waals surface area contributed by atoms with E-state index in [1.54, 1.807) is 12.1 Å². The van der Waals surface area contributed by atoms with Crippen LogP contribution in [0.1, 0.15) is 31.9 Å². The second kappa shape index (κ2) is 6.05. The van der Waals surface area contributed by atoms with Crippen molar-refractivity contribution in [1.82, 2.24) is 5.32 Å². The van der Waals surface area contributed by atoms with Crippen LogP contribution in [0, 0.1) is 0 Å². The average molecular weight is 257 g/mol. The predicted octanol–water partition coefficient (Wildman–Crippen LogP) is 4.11. The molecule has 4 heteroatoms. The lowest BCUT2D eigenvalue weighted by atomic mass is 10.0. The van der Waals surface area contributed by atoms with Crippen LogP contribution >= 0.6 is 0 Å². The quantitative estimate of drug-likeness (QED) is 0.856. The molecule has 0 saturated heterocycles. The van der Waals surface area contributed by atoms with Crippen molar-refractivity contribution in [1.29, 1.82) is 0 Å². The second-order valence-corrected chi connectivity index (χ2v) is 4.29. The minimum Gasteiger partial charge on any atom is -0.311 e. The van der Waals surface area contributed by atoms with E-state index in [2.05, 4.69) is 5.32 Å². The lowest BCUT2D eigenvalue weighted by Crippen LogP contribution is -2.26. The van der Waals surface area contributed by atoms with Gasteiger partial charge in [-0.3, -0.25) is 0 Å². The Bertz CT molecular complexity index is 421. The number of hydrogen-bond acceptors (Lipinski definition) is 1. The number of halogens is 3. The summed E-state index contributed by atoms with van der Waals surface area (Å²) >= 11 is 0. The van der Waals surface area contributed by atoms with E-state index in [1.807, 2.05) is 20.8 Å². The summed E-state index contributed by atoms with van der Waals surface area (Å²) in [6.07, 6.45) is -2.51. The van der Waals surface area contributed by atoms with E-state index in [0.717, 1.165) is 18.2 Å². The molecule has 100 valence electrons. The highest BCUT2D eigenvalue weighted by atomic mass is 19.4. The first-order valence-corrected chi connectivity index (χ1v) is 5.93. The minimum atomic E-state index is -4.29. The van der Waals surface area contributed by atoms with E-state index < -0.39 is 11.7 Å². The molecule has 1 nitrogen and oxygen atoms in total. The summed E-state index contributed by atoms with van der Waals surface area (Å²) < 4.78 is 37.7.